The first-order valence-electron chi connectivity index (χ1n) is 5.89. The molecule has 2 nitrogen and oxygen atoms in total. The fraction of sp³-hybridized carbons (Fsp3) is 0.267. The van der Waals surface area contributed by atoms with Gasteiger partial charge in [-0.05, 0) is 24.3 Å². The van der Waals surface area contributed by atoms with Crippen molar-refractivity contribution in [2.45, 2.75) is 19.3 Å². The summed E-state index contributed by atoms with van der Waals surface area (Å²) < 4.78 is 5.76. The summed E-state index contributed by atoms with van der Waals surface area (Å²) >= 11 is 0. The van der Waals surface area contributed by atoms with E-state index in [0.29, 0.717) is 13.0 Å². The van der Waals surface area contributed by atoms with E-state index < -0.39 is 0 Å². The van der Waals surface area contributed by atoms with Crippen molar-refractivity contribution in [1.82, 2.24) is 0 Å². The van der Waals surface area contributed by atoms with Crippen LogP contribution in [-0.2, 0) is 0 Å². The number of ether oxygens (including phenoxy) is 1. The Morgan fingerprint density at radius 3 is 2.71 bits per heavy atom. The Kier molecular flexibility index (Phi) is 3.99. The van der Waals surface area contributed by atoms with Gasteiger partial charge in [0.2, 0.25) is 0 Å². The highest BCUT2D eigenvalue weighted by atomic mass is 16.5. The quantitative estimate of drug-likeness (QED) is 0.723. The van der Waals surface area contributed by atoms with Crippen LogP contribution in [0.1, 0.15) is 19.3 Å². The smallest absolute Gasteiger partial charge is 0.127 e. The lowest BCUT2D eigenvalue weighted by atomic mass is 10.1. The van der Waals surface area contributed by atoms with Crippen molar-refractivity contribution in [2.24, 2.45) is 0 Å². The molecule has 2 aromatic rings. The molecule has 0 spiro atoms. The van der Waals surface area contributed by atoms with E-state index in [1.165, 1.54) is 5.39 Å². The van der Waals surface area contributed by atoms with Crippen LogP contribution < -0.4 is 4.74 Å². The van der Waals surface area contributed by atoms with Crippen LogP contribution in [-0.4, -0.2) is 6.61 Å². The topological polar surface area (TPSA) is 33.0 Å². The fourth-order valence-corrected chi connectivity index (χ4v) is 1.81. The normalized spacial score (nSPS) is 10.1. The zero-order chi connectivity index (χ0) is 11.9. The molecule has 0 heterocycles. The molecular formula is C15H15NO. The molecule has 0 aliphatic heterocycles. The van der Waals surface area contributed by atoms with E-state index in [4.69, 9.17) is 10.00 Å². The molecule has 0 aromatic heterocycles. The highest BCUT2D eigenvalue weighted by Crippen LogP contribution is 2.25. The molecule has 0 amide bonds. The van der Waals surface area contributed by atoms with Crippen molar-refractivity contribution in [2.75, 3.05) is 6.61 Å². The van der Waals surface area contributed by atoms with E-state index in [1.54, 1.807) is 0 Å². The van der Waals surface area contributed by atoms with Gasteiger partial charge in [0.25, 0.3) is 0 Å². The minimum atomic E-state index is 0.610. The molecule has 0 N–H and O–H groups in total. The van der Waals surface area contributed by atoms with Gasteiger partial charge in [0, 0.05) is 11.8 Å². The molecule has 0 saturated carbocycles. The standard InChI is InChI=1S/C15H15NO/c16-11-4-1-5-12-17-15-10-6-8-13-7-2-3-9-14(13)15/h2-3,6-10H,1,4-5,12H2. The van der Waals surface area contributed by atoms with Crippen molar-refractivity contribution < 1.29 is 4.74 Å². The van der Waals surface area contributed by atoms with Gasteiger partial charge >= 0.3 is 0 Å². The largest absolute Gasteiger partial charge is 0.493 e. The predicted molar refractivity (Wildman–Crippen MR) is 68.9 cm³/mol. The second kappa shape index (κ2) is 5.91. The second-order valence-electron chi connectivity index (χ2n) is 3.94. The Bertz CT molecular complexity index is 522. The van der Waals surface area contributed by atoms with Gasteiger partial charge in [-0.15, -0.1) is 0 Å². The summed E-state index contributed by atoms with van der Waals surface area (Å²) in [7, 11) is 0. The third kappa shape index (κ3) is 2.98. The number of unbranched alkanes of at least 4 members (excludes halogenated alkanes) is 2. The lowest BCUT2D eigenvalue weighted by Crippen LogP contribution is -1.97. The maximum absolute atomic E-state index is 8.43. The fourth-order valence-electron chi connectivity index (χ4n) is 1.81. The number of rotatable bonds is 5. The SMILES string of the molecule is N#CCCCCOc1cccc2ccccc12. The van der Waals surface area contributed by atoms with Crippen LogP contribution in [0.5, 0.6) is 5.75 Å². The molecule has 0 radical (unpaired) electrons. The van der Waals surface area contributed by atoms with Crippen molar-refractivity contribution >= 4 is 10.8 Å². The van der Waals surface area contributed by atoms with Crippen LogP contribution in [0.15, 0.2) is 42.5 Å². The zero-order valence-electron chi connectivity index (χ0n) is 9.73. The molecule has 86 valence electrons. The Hall–Kier alpha value is -2.01. The Balaban J connectivity index is 2.01. The summed E-state index contributed by atoms with van der Waals surface area (Å²) in [6.07, 6.45) is 2.44. The third-order valence-electron chi connectivity index (χ3n) is 2.69. The number of nitriles is 1. The average molecular weight is 225 g/mol. The van der Waals surface area contributed by atoms with Crippen LogP contribution in [0.2, 0.25) is 0 Å². The first kappa shape index (κ1) is 11.5. The van der Waals surface area contributed by atoms with E-state index in [-0.39, 0.29) is 0 Å². The number of fused-ring (bicyclic) bond motifs is 1. The maximum Gasteiger partial charge on any atom is 0.127 e. The van der Waals surface area contributed by atoms with Crippen molar-refractivity contribution in [1.29, 1.82) is 5.26 Å². The lowest BCUT2D eigenvalue weighted by Gasteiger charge is -2.08. The van der Waals surface area contributed by atoms with E-state index in [1.807, 2.05) is 24.3 Å². The van der Waals surface area contributed by atoms with Crippen molar-refractivity contribution in [3.8, 4) is 11.8 Å². The monoisotopic (exact) mass is 225 g/mol. The van der Waals surface area contributed by atoms with Gasteiger partial charge < -0.3 is 4.74 Å². The molecule has 2 rings (SSSR count). The molecular weight excluding hydrogens is 210 g/mol. The number of hydrogen-bond donors (Lipinski definition) is 0. The first-order chi connectivity index (χ1) is 8.42. The second-order valence-corrected chi connectivity index (χ2v) is 3.94. The highest BCUT2D eigenvalue weighted by molar-refractivity contribution is 5.88. The molecule has 0 aliphatic carbocycles. The number of hydrogen-bond acceptors (Lipinski definition) is 2. The van der Waals surface area contributed by atoms with Gasteiger partial charge in [-0.1, -0.05) is 36.4 Å². The summed E-state index contributed by atoms with van der Waals surface area (Å²) in [6, 6.07) is 16.4. The molecule has 0 unspecified atom stereocenters. The summed E-state index contributed by atoms with van der Waals surface area (Å²) in [6.45, 7) is 0.676. The molecule has 0 atom stereocenters. The first-order valence-corrected chi connectivity index (χ1v) is 5.89. The lowest BCUT2D eigenvalue weighted by molar-refractivity contribution is 0.311. The van der Waals surface area contributed by atoms with Gasteiger partial charge in [-0.25, -0.2) is 0 Å². The predicted octanol–water partition coefficient (Wildman–Crippen LogP) is 3.91. The van der Waals surface area contributed by atoms with Gasteiger partial charge in [-0.2, -0.15) is 5.26 Å². The van der Waals surface area contributed by atoms with E-state index in [0.717, 1.165) is 24.0 Å². The molecule has 0 aliphatic rings. The summed E-state index contributed by atoms with van der Waals surface area (Å²) in [5, 5.41) is 10.8. The number of nitrogens with zero attached hydrogens (tertiary/aromatic N) is 1. The minimum absolute atomic E-state index is 0.610. The zero-order valence-corrected chi connectivity index (χ0v) is 9.73. The van der Waals surface area contributed by atoms with Crippen LogP contribution in [0.25, 0.3) is 10.8 Å². The third-order valence-corrected chi connectivity index (χ3v) is 2.69. The molecule has 0 saturated heterocycles. The molecule has 2 aromatic carbocycles. The maximum atomic E-state index is 8.43. The van der Waals surface area contributed by atoms with Crippen LogP contribution in [0.3, 0.4) is 0 Å². The van der Waals surface area contributed by atoms with Gasteiger partial charge in [-0.3, -0.25) is 0 Å². The van der Waals surface area contributed by atoms with Crippen LogP contribution in [0, 0.1) is 11.3 Å². The van der Waals surface area contributed by atoms with E-state index in [2.05, 4.69) is 24.3 Å². The van der Waals surface area contributed by atoms with E-state index in [9.17, 15) is 0 Å². The van der Waals surface area contributed by atoms with Gasteiger partial charge in [0.15, 0.2) is 0 Å². The van der Waals surface area contributed by atoms with Crippen LogP contribution >= 0.6 is 0 Å². The Labute approximate surface area is 101 Å². The molecule has 2 heteroatoms. The van der Waals surface area contributed by atoms with Crippen molar-refractivity contribution in [3.63, 3.8) is 0 Å². The summed E-state index contributed by atoms with van der Waals surface area (Å²) in [4.78, 5) is 0. The average Bonchev–Trinajstić information content (AvgIpc) is 2.39. The van der Waals surface area contributed by atoms with Crippen LogP contribution in [0.4, 0.5) is 0 Å². The number of benzene rings is 2. The molecule has 0 bridgehead atoms. The van der Waals surface area contributed by atoms with E-state index >= 15 is 0 Å². The molecule has 0 fully saturated rings. The summed E-state index contributed by atoms with van der Waals surface area (Å²) in [5.41, 5.74) is 0. The highest BCUT2D eigenvalue weighted by Gasteiger charge is 2.00. The Morgan fingerprint density at radius 2 is 1.82 bits per heavy atom. The van der Waals surface area contributed by atoms with Gasteiger partial charge in [0.05, 0.1) is 12.7 Å². The minimum Gasteiger partial charge on any atom is -0.493 e. The summed E-state index contributed by atoms with van der Waals surface area (Å²) in [5.74, 6) is 0.931. The van der Waals surface area contributed by atoms with Gasteiger partial charge in [0.1, 0.15) is 5.75 Å². The Morgan fingerprint density at radius 1 is 1.00 bits per heavy atom. The molecule has 17 heavy (non-hydrogen) atoms. The van der Waals surface area contributed by atoms with Crippen molar-refractivity contribution in [3.05, 3.63) is 42.5 Å².